The highest BCUT2D eigenvalue weighted by Crippen LogP contribution is 2.40. The minimum absolute atomic E-state index is 0.176. The highest BCUT2D eigenvalue weighted by molar-refractivity contribution is 7.22. The van der Waals surface area contributed by atoms with E-state index in [0.29, 0.717) is 28.7 Å². The van der Waals surface area contributed by atoms with Gasteiger partial charge in [0, 0.05) is 18.5 Å². The van der Waals surface area contributed by atoms with Crippen LogP contribution in [0.4, 0.5) is 5.13 Å². The summed E-state index contributed by atoms with van der Waals surface area (Å²) in [6, 6.07) is 17.1. The van der Waals surface area contributed by atoms with Crippen molar-refractivity contribution in [2.75, 3.05) is 19.1 Å². The van der Waals surface area contributed by atoms with E-state index in [-0.39, 0.29) is 5.91 Å². The lowest BCUT2D eigenvalue weighted by Gasteiger charge is -2.18. The van der Waals surface area contributed by atoms with Gasteiger partial charge in [-0.25, -0.2) is 4.98 Å². The first-order valence-corrected chi connectivity index (χ1v) is 10.5. The maximum atomic E-state index is 13.2. The van der Waals surface area contributed by atoms with E-state index in [0.717, 1.165) is 15.8 Å². The predicted octanol–water partition coefficient (Wildman–Crippen LogP) is 4.96. The van der Waals surface area contributed by atoms with Crippen LogP contribution in [-0.4, -0.2) is 30.1 Å². The van der Waals surface area contributed by atoms with Crippen LogP contribution in [0.3, 0.4) is 0 Å². The van der Waals surface area contributed by atoms with Crippen LogP contribution < -0.4 is 14.4 Å². The highest BCUT2D eigenvalue weighted by Gasteiger charge is 2.21. The summed E-state index contributed by atoms with van der Waals surface area (Å²) in [7, 11) is 3.21. The molecular formula is C24H21N3O3S. The molecule has 1 amide bonds. The Bertz CT molecular complexity index is 1170. The van der Waals surface area contributed by atoms with Gasteiger partial charge in [-0.3, -0.25) is 14.7 Å². The van der Waals surface area contributed by atoms with Crippen molar-refractivity contribution in [1.29, 1.82) is 0 Å². The van der Waals surface area contributed by atoms with Gasteiger partial charge in [0.1, 0.15) is 21.7 Å². The molecule has 0 radical (unpaired) electrons. The first-order chi connectivity index (χ1) is 15.2. The number of hydrogen-bond acceptors (Lipinski definition) is 6. The second kappa shape index (κ2) is 9.40. The Morgan fingerprint density at radius 2 is 1.81 bits per heavy atom. The van der Waals surface area contributed by atoms with Crippen LogP contribution in [0.5, 0.6) is 11.5 Å². The monoisotopic (exact) mass is 431 g/mol. The van der Waals surface area contributed by atoms with E-state index in [1.807, 2.05) is 54.6 Å². The van der Waals surface area contributed by atoms with Crippen LogP contribution in [0.2, 0.25) is 0 Å². The molecule has 31 heavy (non-hydrogen) atoms. The summed E-state index contributed by atoms with van der Waals surface area (Å²) in [5.74, 6) is 1.14. The number of fused-ring (bicyclic) bond motifs is 1. The van der Waals surface area contributed by atoms with Crippen molar-refractivity contribution in [3.05, 3.63) is 84.2 Å². The Morgan fingerprint density at radius 1 is 1.03 bits per heavy atom. The number of rotatable bonds is 7. The number of ether oxygens (including phenoxy) is 2. The summed E-state index contributed by atoms with van der Waals surface area (Å²) >= 11 is 1.39. The van der Waals surface area contributed by atoms with Gasteiger partial charge < -0.3 is 9.47 Å². The minimum Gasteiger partial charge on any atom is -0.495 e. The molecule has 2 aromatic heterocycles. The van der Waals surface area contributed by atoms with Gasteiger partial charge in [0.05, 0.1) is 20.8 Å². The van der Waals surface area contributed by atoms with Gasteiger partial charge in [-0.1, -0.05) is 47.7 Å². The van der Waals surface area contributed by atoms with Gasteiger partial charge in [0.15, 0.2) is 5.13 Å². The molecule has 0 unspecified atom stereocenters. The molecule has 4 aromatic rings. The van der Waals surface area contributed by atoms with Crippen molar-refractivity contribution in [1.82, 2.24) is 9.97 Å². The Morgan fingerprint density at radius 3 is 2.52 bits per heavy atom. The largest absolute Gasteiger partial charge is 0.495 e. The maximum absolute atomic E-state index is 13.2. The second-order valence-electron chi connectivity index (χ2n) is 6.67. The summed E-state index contributed by atoms with van der Waals surface area (Å²) in [6.45, 7) is 0.344. The van der Waals surface area contributed by atoms with Crippen molar-refractivity contribution >= 4 is 38.7 Å². The van der Waals surface area contributed by atoms with Crippen molar-refractivity contribution in [2.45, 2.75) is 6.54 Å². The number of pyridine rings is 1. The summed E-state index contributed by atoms with van der Waals surface area (Å²) in [6.07, 6.45) is 6.81. The van der Waals surface area contributed by atoms with Gasteiger partial charge in [-0.05, 0) is 35.4 Å². The molecule has 6 nitrogen and oxygen atoms in total. The lowest BCUT2D eigenvalue weighted by atomic mass is 10.2. The van der Waals surface area contributed by atoms with Gasteiger partial charge >= 0.3 is 0 Å². The molecule has 0 aliphatic rings. The minimum atomic E-state index is -0.176. The number of anilines is 1. The van der Waals surface area contributed by atoms with Crippen LogP contribution in [0.1, 0.15) is 11.1 Å². The molecule has 0 saturated carbocycles. The molecule has 7 heteroatoms. The van der Waals surface area contributed by atoms with E-state index in [2.05, 4.69) is 4.98 Å². The lowest BCUT2D eigenvalue weighted by Crippen LogP contribution is -2.28. The number of methoxy groups -OCH3 is 2. The molecule has 0 saturated heterocycles. The van der Waals surface area contributed by atoms with E-state index in [4.69, 9.17) is 14.5 Å². The molecule has 0 aliphatic carbocycles. The molecule has 0 atom stereocenters. The van der Waals surface area contributed by atoms with Crippen LogP contribution in [-0.2, 0) is 11.3 Å². The third-order valence-electron chi connectivity index (χ3n) is 4.68. The first-order valence-electron chi connectivity index (χ1n) is 9.64. The maximum Gasteiger partial charge on any atom is 0.253 e. The fraction of sp³-hybridized carbons (Fsp3) is 0.125. The third-order valence-corrected chi connectivity index (χ3v) is 5.77. The molecule has 0 aliphatic heterocycles. The Kier molecular flexibility index (Phi) is 6.24. The van der Waals surface area contributed by atoms with E-state index < -0.39 is 0 Å². The number of aromatic nitrogens is 2. The van der Waals surface area contributed by atoms with E-state index >= 15 is 0 Å². The van der Waals surface area contributed by atoms with Crippen LogP contribution in [0.25, 0.3) is 16.3 Å². The smallest absolute Gasteiger partial charge is 0.253 e. The lowest BCUT2D eigenvalue weighted by molar-refractivity contribution is -0.114. The molecule has 0 N–H and O–H groups in total. The van der Waals surface area contributed by atoms with E-state index in [1.54, 1.807) is 43.7 Å². The molecule has 2 aromatic carbocycles. The zero-order valence-electron chi connectivity index (χ0n) is 17.2. The SMILES string of the molecule is COc1ccc(OC)c2sc(N(Cc3cccnc3)C(=O)/C=C/c3ccccc3)nc12. The van der Waals surface area contributed by atoms with E-state index in [9.17, 15) is 4.79 Å². The first kappa shape index (κ1) is 20.6. The normalized spacial score (nSPS) is 11.0. The second-order valence-corrected chi connectivity index (χ2v) is 7.65. The van der Waals surface area contributed by atoms with Crippen molar-refractivity contribution in [3.8, 4) is 11.5 Å². The van der Waals surface area contributed by atoms with Crippen LogP contribution >= 0.6 is 11.3 Å². The standard InChI is InChI=1S/C24H21N3O3S/c1-29-19-11-12-20(30-2)23-22(19)26-24(31-23)27(16-18-9-6-14-25-15-18)21(28)13-10-17-7-4-3-5-8-17/h3-15H,16H2,1-2H3/b13-10+. The number of thiazole rings is 1. The number of nitrogens with zero attached hydrogens (tertiary/aromatic N) is 3. The van der Waals surface area contributed by atoms with Crippen molar-refractivity contribution < 1.29 is 14.3 Å². The highest BCUT2D eigenvalue weighted by atomic mass is 32.1. The molecule has 156 valence electrons. The third kappa shape index (κ3) is 4.57. The van der Waals surface area contributed by atoms with Gasteiger partial charge in [0.25, 0.3) is 5.91 Å². The topological polar surface area (TPSA) is 64.6 Å². The number of hydrogen-bond donors (Lipinski definition) is 0. The zero-order valence-corrected chi connectivity index (χ0v) is 18.0. The quantitative estimate of drug-likeness (QED) is 0.387. The van der Waals surface area contributed by atoms with Crippen LogP contribution in [0.15, 0.2) is 73.1 Å². The summed E-state index contributed by atoms with van der Waals surface area (Å²) in [5, 5.41) is 0.560. The summed E-state index contributed by atoms with van der Waals surface area (Å²) in [4.78, 5) is 23.8. The van der Waals surface area contributed by atoms with Gasteiger partial charge in [0.2, 0.25) is 0 Å². The fourth-order valence-electron chi connectivity index (χ4n) is 3.13. The molecule has 2 heterocycles. The Balaban J connectivity index is 1.75. The number of amides is 1. The molecule has 0 bridgehead atoms. The number of carbonyl (C=O) groups is 1. The van der Waals surface area contributed by atoms with Crippen molar-refractivity contribution in [3.63, 3.8) is 0 Å². The van der Waals surface area contributed by atoms with Crippen molar-refractivity contribution in [2.24, 2.45) is 0 Å². The Labute approximate surface area is 184 Å². The number of benzene rings is 2. The average molecular weight is 432 g/mol. The number of carbonyl (C=O) groups excluding carboxylic acids is 1. The average Bonchev–Trinajstić information content (AvgIpc) is 3.27. The fourth-order valence-corrected chi connectivity index (χ4v) is 4.20. The van der Waals surface area contributed by atoms with Crippen LogP contribution in [0, 0.1) is 0 Å². The molecule has 4 rings (SSSR count). The molecule has 0 fully saturated rings. The van der Waals surface area contributed by atoms with Gasteiger partial charge in [-0.15, -0.1) is 0 Å². The summed E-state index contributed by atoms with van der Waals surface area (Å²) < 4.78 is 11.8. The van der Waals surface area contributed by atoms with Gasteiger partial charge in [-0.2, -0.15) is 0 Å². The Hall–Kier alpha value is -3.71. The summed E-state index contributed by atoms with van der Waals surface area (Å²) in [5.41, 5.74) is 2.52. The zero-order chi connectivity index (χ0) is 21.6. The predicted molar refractivity (Wildman–Crippen MR) is 124 cm³/mol. The van der Waals surface area contributed by atoms with E-state index in [1.165, 1.54) is 11.3 Å². The molecular weight excluding hydrogens is 410 g/mol. The molecule has 0 spiro atoms.